The van der Waals surface area contributed by atoms with Gasteiger partial charge in [-0.3, -0.25) is 9.59 Å². The van der Waals surface area contributed by atoms with Crippen LogP contribution >= 0.6 is 0 Å². The molecule has 0 heterocycles. The van der Waals surface area contributed by atoms with Crippen molar-refractivity contribution in [1.82, 2.24) is 0 Å². The van der Waals surface area contributed by atoms with Crippen LogP contribution in [0, 0.1) is 0 Å². The van der Waals surface area contributed by atoms with Crippen molar-refractivity contribution in [3.63, 3.8) is 0 Å². The molecule has 0 saturated carbocycles. The van der Waals surface area contributed by atoms with Gasteiger partial charge in [-0.1, -0.05) is 258 Å². The number of carbonyl (C=O) groups is 2. The number of rotatable bonds is 49. The van der Waals surface area contributed by atoms with Crippen LogP contribution in [0.3, 0.4) is 0 Å². The Bertz CT molecular complexity index is 1310. The molecule has 0 rings (SSSR count). The minimum absolute atomic E-state index is 0.0669. The van der Waals surface area contributed by atoms with Gasteiger partial charge in [0, 0.05) is 12.8 Å². The predicted molar refractivity (Wildman–Crippen MR) is 288 cm³/mol. The number of allylic oxidation sites excluding steroid dienone is 18. The summed E-state index contributed by atoms with van der Waals surface area (Å²) in [5.74, 6) is -0.592. The number of hydrogen-bond acceptors (Lipinski definition) is 5. The number of aliphatic hydroxyl groups is 1. The van der Waals surface area contributed by atoms with Gasteiger partial charge in [0.15, 0.2) is 6.10 Å². The van der Waals surface area contributed by atoms with E-state index in [1.807, 2.05) is 0 Å². The van der Waals surface area contributed by atoms with E-state index in [4.69, 9.17) is 9.47 Å². The van der Waals surface area contributed by atoms with Crippen molar-refractivity contribution in [1.29, 1.82) is 0 Å². The topological polar surface area (TPSA) is 72.8 Å². The third kappa shape index (κ3) is 53.2. The van der Waals surface area contributed by atoms with Gasteiger partial charge in [-0.2, -0.15) is 0 Å². The maximum atomic E-state index is 12.3. The molecule has 0 saturated heterocycles. The van der Waals surface area contributed by atoms with E-state index in [0.717, 1.165) is 96.3 Å². The lowest BCUT2D eigenvalue weighted by atomic mass is 10.0. The number of esters is 2. The van der Waals surface area contributed by atoms with Gasteiger partial charge in [0.1, 0.15) is 6.61 Å². The highest BCUT2D eigenvalue weighted by molar-refractivity contribution is 5.70. The molecule has 1 N–H and O–H groups in total. The Balaban J connectivity index is 3.53. The van der Waals surface area contributed by atoms with Crippen molar-refractivity contribution >= 4 is 11.9 Å². The van der Waals surface area contributed by atoms with Crippen LogP contribution < -0.4 is 0 Å². The first-order valence-corrected chi connectivity index (χ1v) is 27.4. The minimum Gasteiger partial charge on any atom is -0.462 e. The average molecular weight is 915 g/mol. The Hall–Kier alpha value is -3.44. The highest BCUT2D eigenvalue weighted by atomic mass is 16.6. The Morgan fingerprint density at radius 3 is 0.985 bits per heavy atom. The van der Waals surface area contributed by atoms with Crippen LogP contribution in [0.1, 0.15) is 245 Å². The molecule has 0 fully saturated rings. The number of ether oxygens (including phenoxy) is 2. The summed E-state index contributed by atoms with van der Waals surface area (Å²) in [6.45, 7) is 4.02. The van der Waals surface area contributed by atoms with Gasteiger partial charge in [0.25, 0.3) is 0 Å². The molecule has 1 unspecified atom stereocenters. The van der Waals surface area contributed by atoms with E-state index >= 15 is 0 Å². The standard InChI is InChI=1S/C61H102O5/c1-3-5-7-9-11-13-15-16-17-18-19-20-21-22-23-24-25-26-27-28-29-30-31-32-33-34-35-36-37-38-39-40-41-42-43-44-46-48-50-52-54-56-61(64)66-59(57-62)58-65-60(63)55-53-51-49-47-45-14-12-10-8-6-4-2/h5,7,11,13,16-17,19-20,22-23,25-26,28-29,31-32,34-35,59,62H,3-4,6,8-10,12,14-15,18,21,24,27,30,33,36-58H2,1-2H3/b7-5-,13-11-,17-16-,20-19-,23-22-,26-25-,29-28-,32-31-,35-34-. The third-order valence-electron chi connectivity index (χ3n) is 11.6. The van der Waals surface area contributed by atoms with Crippen LogP contribution in [0.25, 0.3) is 0 Å². The van der Waals surface area contributed by atoms with Crippen molar-refractivity contribution in [3.05, 3.63) is 109 Å². The van der Waals surface area contributed by atoms with Crippen LogP contribution in [-0.2, 0) is 19.1 Å². The van der Waals surface area contributed by atoms with E-state index in [1.54, 1.807) is 0 Å². The highest BCUT2D eigenvalue weighted by Crippen LogP contribution is 2.15. The van der Waals surface area contributed by atoms with Gasteiger partial charge in [0.2, 0.25) is 0 Å². The predicted octanol–water partition coefficient (Wildman–Crippen LogP) is 18.5. The Kier molecular flexibility index (Phi) is 53.0. The zero-order valence-electron chi connectivity index (χ0n) is 42.9. The number of hydrogen-bond donors (Lipinski definition) is 1. The van der Waals surface area contributed by atoms with Gasteiger partial charge in [0.05, 0.1) is 6.61 Å². The molecule has 0 aliphatic carbocycles. The summed E-state index contributed by atoms with van der Waals surface area (Å²) in [6.07, 6.45) is 80.6. The van der Waals surface area contributed by atoms with Crippen molar-refractivity contribution in [3.8, 4) is 0 Å². The van der Waals surface area contributed by atoms with Gasteiger partial charge in [-0.15, -0.1) is 0 Å². The zero-order chi connectivity index (χ0) is 47.7. The third-order valence-corrected chi connectivity index (χ3v) is 11.6. The van der Waals surface area contributed by atoms with Gasteiger partial charge in [-0.25, -0.2) is 0 Å². The van der Waals surface area contributed by atoms with Gasteiger partial charge in [-0.05, 0) is 83.5 Å². The summed E-state index contributed by atoms with van der Waals surface area (Å²) in [5, 5.41) is 9.60. The first kappa shape index (κ1) is 62.6. The maximum Gasteiger partial charge on any atom is 0.306 e. The first-order chi connectivity index (χ1) is 32.6. The Labute approximate surface area is 408 Å². The number of carbonyl (C=O) groups excluding carboxylic acids is 2. The monoisotopic (exact) mass is 915 g/mol. The smallest absolute Gasteiger partial charge is 0.306 e. The van der Waals surface area contributed by atoms with Crippen molar-refractivity contribution in [2.24, 2.45) is 0 Å². The molecule has 376 valence electrons. The molecule has 5 heteroatoms. The molecule has 1 atom stereocenters. The summed E-state index contributed by atoms with van der Waals surface area (Å²) in [5.41, 5.74) is 0. The molecule has 0 aromatic heterocycles. The fourth-order valence-corrected chi connectivity index (χ4v) is 7.49. The molecule has 5 nitrogen and oxygen atoms in total. The molecule has 0 spiro atoms. The van der Waals surface area contributed by atoms with Crippen molar-refractivity contribution < 1.29 is 24.2 Å². The van der Waals surface area contributed by atoms with Gasteiger partial charge >= 0.3 is 11.9 Å². The van der Waals surface area contributed by atoms with Crippen LogP contribution in [-0.4, -0.2) is 36.4 Å². The van der Waals surface area contributed by atoms with E-state index in [9.17, 15) is 14.7 Å². The van der Waals surface area contributed by atoms with Crippen LogP contribution in [0.15, 0.2) is 109 Å². The molecular formula is C61H102O5. The summed E-state index contributed by atoms with van der Waals surface area (Å²) in [4.78, 5) is 24.4. The summed E-state index contributed by atoms with van der Waals surface area (Å²) in [7, 11) is 0. The Morgan fingerprint density at radius 2 is 0.652 bits per heavy atom. The van der Waals surface area contributed by atoms with E-state index in [0.29, 0.717) is 12.8 Å². The van der Waals surface area contributed by atoms with E-state index in [2.05, 4.69) is 123 Å². The summed E-state index contributed by atoms with van der Waals surface area (Å²) in [6, 6.07) is 0. The fraction of sp³-hybridized carbons (Fsp3) is 0.672. The molecule has 0 aromatic rings. The van der Waals surface area contributed by atoms with Crippen LogP contribution in [0.5, 0.6) is 0 Å². The lowest BCUT2D eigenvalue weighted by Gasteiger charge is -2.15. The van der Waals surface area contributed by atoms with E-state index in [-0.39, 0.29) is 25.2 Å². The van der Waals surface area contributed by atoms with E-state index in [1.165, 1.54) is 122 Å². The minimum atomic E-state index is -0.774. The largest absolute Gasteiger partial charge is 0.462 e. The number of unbranched alkanes of at least 4 members (excludes halogenated alkanes) is 23. The SMILES string of the molecule is CC/C=C\C/C=C\C/C=C\C/C=C\C/C=C\C/C=C\C/C=C\C/C=C\C/C=C\CCCCCCCCCCCCCCCC(=O)OC(CO)COC(=O)CCCCCCCCCCCCC. The molecule has 0 amide bonds. The maximum absolute atomic E-state index is 12.3. The molecule has 0 aliphatic rings. The highest BCUT2D eigenvalue weighted by Gasteiger charge is 2.16. The normalized spacial score (nSPS) is 13.1. The number of aliphatic hydroxyl groups excluding tert-OH is 1. The second-order valence-corrected chi connectivity index (χ2v) is 17.9. The second-order valence-electron chi connectivity index (χ2n) is 17.9. The quantitative estimate of drug-likeness (QED) is 0.0374. The van der Waals surface area contributed by atoms with Crippen molar-refractivity contribution in [2.75, 3.05) is 13.2 Å². The molecule has 0 aliphatic heterocycles. The molecule has 0 radical (unpaired) electrons. The van der Waals surface area contributed by atoms with Gasteiger partial charge < -0.3 is 14.6 Å². The fourth-order valence-electron chi connectivity index (χ4n) is 7.49. The van der Waals surface area contributed by atoms with Crippen molar-refractivity contribution in [2.45, 2.75) is 251 Å². The molecular weight excluding hydrogens is 813 g/mol. The average Bonchev–Trinajstić information content (AvgIpc) is 3.32. The molecule has 66 heavy (non-hydrogen) atoms. The lowest BCUT2D eigenvalue weighted by molar-refractivity contribution is -0.161. The first-order valence-electron chi connectivity index (χ1n) is 27.4. The summed E-state index contributed by atoms with van der Waals surface area (Å²) < 4.78 is 10.6. The zero-order valence-corrected chi connectivity index (χ0v) is 42.9. The summed E-state index contributed by atoms with van der Waals surface area (Å²) >= 11 is 0. The molecule has 0 aromatic carbocycles. The van der Waals surface area contributed by atoms with Crippen LogP contribution in [0.2, 0.25) is 0 Å². The Morgan fingerprint density at radius 1 is 0.364 bits per heavy atom. The second kappa shape index (κ2) is 55.9. The lowest BCUT2D eigenvalue weighted by Crippen LogP contribution is -2.28. The molecule has 0 bridgehead atoms. The van der Waals surface area contributed by atoms with Crippen LogP contribution in [0.4, 0.5) is 0 Å². The van der Waals surface area contributed by atoms with E-state index < -0.39 is 6.10 Å².